The van der Waals surface area contributed by atoms with Crippen LogP contribution in [-0.2, 0) is 9.53 Å². The largest absolute Gasteiger partial charge is 0.478 e. The van der Waals surface area contributed by atoms with Gasteiger partial charge in [-0.2, -0.15) is 0 Å². The smallest absolute Gasteiger partial charge is 0.339 e. The molecule has 3 N–H and O–H groups in total. The number of carboxylic acids is 1. The Morgan fingerprint density at radius 1 is 1.36 bits per heavy atom. The number of allylic oxidation sites excluding steroid dienone is 1. The van der Waals surface area contributed by atoms with Crippen LogP contribution in [0.2, 0.25) is 0 Å². The highest BCUT2D eigenvalue weighted by Gasteiger charge is 2.46. The lowest BCUT2D eigenvalue weighted by Gasteiger charge is -2.34. The molecule has 0 spiro atoms. The van der Waals surface area contributed by atoms with Crippen LogP contribution in [0.15, 0.2) is 23.8 Å². The lowest BCUT2D eigenvalue weighted by molar-refractivity contribution is -0.132. The van der Waals surface area contributed by atoms with Gasteiger partial charge in [-0.05, 0) is 80.5 Å². The van der Waals surface area contributed by atoms with E-state index in [1.165, 1.54) is 0 Å². The normalized spacial score (nSPS) is 35.2. The molecule has 33 heavy (non-hydrogen) atoms. The number of anilines is 1. The number of benzene rings is 1. The van der Waals surface area contributed by atoms with Crippen molar-refractivity contribution in [1.29, 1.82) is 0 Å². The summed E-state index contributed by atoms with van der Waals surface area (Å²) in [6.45, 7) is 4.93. The third kappa shape index (κ3) is 4.10. The molecule has 2 heterocycles. The quantitative estimate of drug-likeness (QED) is 0.656. The Morgan fingerprint density at radius 2 is 2.15 bits per heavy atom. The summed E-state index contributed by atoms with van der Waals surface area (Å²) in [4.78, 5) is 27.3. The summed E-state index contributed by atoms with van der Waals surface area (Å²) in [5.41, 5.74) is 9.81. The molecule has 1 unspecified atom stereocenters. The van der Waals surface area contributed by atoms with Crippen molar-refractivity contribution < 1.29 is 23.8 Å². The minimum absolute atomic E-state index is 0.100. The Labute approximate surface area is 194 Å². The first-order valence-electron chi connectivity index (χ1n) is 12.2. The molecule has 4 aliphatic rings. The van der Waals surface area contributed by atoms with Gasteiger partial charge in [0.2, 0.25) is 0 Å². The monoisotopic (exact) mass is 456 g/mol. The lowest BCUT2D eigenvalue weighted by atomic mass is 9.79. The first-order valence-corrected chi connectivity index (χ1v) is 12.2. The van der Waals surface area contributed by atoms with E-state index in [0.29, 0.717) is 31.6 Å². The molecule has 5 rings (SSSR count). The fraction of sp³-hybridized carbons (Fsp3) is 0.615. The van der Waals surface area contributed by atoms with Crippen LogP contribution in [0.25, 0.3) is 0 Å². The standard InChI is InChI=1S/C26H33FN2O4/c1-15-22(29-12-18-13-33-10-9-26(18,28)14-29)8-7-19-23(15)16(5-6-17-11-21(17)27)3-2-4-20(24(19)30)25(31)32/h4,7-8,16-18,21H,2-3,5-6,9-14,28H2,1H3,(H,31,32)/b20-4+/t16?,17-,18-,21+,26-/m1/s1. The molecule has 1 aromatic rings. The summed E-state index contributed by atoms with van der Waals surface area (Å²) in [6, 6.07) is 3.75. The van der Waals surface area contributed by atoms with E-state index in [4.69, 9.17) is 10.5 Å². The summed E-state index contributed by atoms with van der Waals surface area (Å²) in [6.07, 6.45) is 5.22. The number of carbonyl (C=O) groups excluding carboxylic acids is 1. The number of rotatable bonds is 5. The van der Waals surface area contributed by atoms with E-state index in [0.717, 1.165) is 55.6 Å². The van der Waals surface area contributed by atoms with E-state index < -0.39 is 17.9 Å². The molecule has 1 aromatic carbocycles. The first kappa shape index (κ1) is 22.5. The second kappa shape index (κ2) is 8.51. The van der Waals surface area contributed by atoms with Crippen molar-refractivity contribution in [2.75, 3.05) is 31.2 Å². The van der Waals surface area contributed by atoms with E-state index in [1.54, 1.807) is 12.1 Å². The van der Waals surface area contributed by atoms with Gasteiger partial charge in [0.15, 0.2) is 5.78 Å². The van der Waals surface area contributed by atoms with Gasteiger partial charge >= 0.3 is 5.97 Å². The van der Waals surface area contributed by atoms with Gasteiger partial charge in [0.05, 0.1) is 6.61 Å². The second-order valence-electron chi connectivity index (χ2n) is 10.4. The average Bonchev–Trinajstić information content (AvgIpc) is 3.35. The summed E-state index contributed by atoms with van der Waals surface area (Å²) < 4.78 is 19.2. The zero-order valence-electron chi connectivity index (χ0n) is 19.2. The zero-order valence-corrected chi connectivity index (χ0v) is 19.2. The van der Waals surface area contributed by atoms with Crippen molar-refractivity contribution in [2.45, 2.75) is 63.1 Å². The number of aliphatic carboxylic acids is 1. The first-order chi connectivity index (χ1) is 15.8. The Hall–Kier alpha value is -2.25. The van der Waals surface area contributed by atoms with Gasteiger partial charge in [-0.25, -0.2) is 9.18 Å². The van der Waals surface area contributed by atoms with Crippen LogP contribution in [0.3, 0.4) is 0 Å². The summed E-state index contributed by atoms with van der Waals surface area (Å²) >= 11 is 0. The zero-order chi connectivity index (χ0) is 23.3. The van der Waals surface area contributed by atoms with E-state index in [2.05, 4.69) is 4.90 Å². The van der Waals surface area contributed by atoms with E-state index >= 15 is 0 Å². The van der Waals surface area contributed by atoms with E-state index in [-0.39, 0.29) is 28.9 Å². The van der Waals surface area contributed by atoms with Gasteiger partial charge in [-0.3, -0.25) is 4.79 Å². The van der Waals surface area contributed by atoms with E-state index in [1.807, 2.05) is 13.0 Å². The molecule has 3 fully saturated rings. The number of Topliss-reactive ketones (excluding diaryl/α,β-unsaturated/α-hetero) is 1. The summed E-state index contributed by atoms with van der Waals surface area (Å²) in [5, 5.41) is 9.61. The van der Waals surface area contributed by atoms with Crippen LogP contribution in [0.5, 0.6) is 0 Å². The van der Waals surface area contributed by atoms with Crippen molar-refractivity contribution in [2.24, 2.45) is 17.6 Å². The molecule has 178 valence electrons. The fourth-order valence-electron chi connectivity index (χ4n) is 6.16. The Kier molecular flexibility index (Phi) is 5.81. The van der Waals surface area contributed by atoms with Crippen molar-refractivity contribution in [3.05, 3.63) is 40.5 Å². The van der Waals surface area contributed by atoms with Crippen LogP contribution >= 0.6 is 0 Å². The number of ether oxygens (including phenoxy) is 1. The fourth-order valence-corrected chi connectivity index (χ4v) is 6.16. The summed E-state index contributed by atoms with van der Waals surface area (Å²) in [5.74, 6) is -1.11. The molecule has 1 saturated carbocycles. The number of carbonyl (C=O) groups is 2. The van der Waals surface area contributed by atoms with Crippen LogP contribution in [-0.4, -0.2) is 54.9 Å². The van der Waals surface area contributed by atoms with Gasteiger partial charge in [0, 0.05) is 42.4 Å². The molecule has 0 radical (unpaired) electrons. The van der Waals surface area contributed by atoms with Gasteiger partial charge < -0.3 is 20.5 Å². The number of nitrogens with two attached hydrogens (primary N) is 1. The molecular formula is C26H33FN2O4. The molecule has 6 nitrogen and oxygen atoms in total. The van der Waals surface area contributed by atoms with Gasteiger partial charge in [-0.15, -0.1) is 0 Å². The number of alkyl halides is 1. The van der Waals surface area contributed by atoms with E-state index in [9.17, 15) is 19.1 Å². The topological polar surface area (TPSA) is 92.9 Å². The Balaban J connectivity index is 1.52. The van der Waals surface area contributed by atoms with Gasteiger partial charge in [0.25, 0.3) is 0 Å². The third-order valence-corrected chi connectivity index (χ3v) is 8.31. The van der Waals surface area contributed by atoms with Crippen molar-refractivity contribution in [1.82, 2.24) is 0 Å². The number of carboxylic acid groups (broad SMARTS) is 1. The molecular weight excluding hydrogens is 423 g/mol. The highest BCUT2D eigenvalue weighted by atomic mass is 19.1. The molecule has 0 bridgehead atoms. The van der Waals surface area contributed by atoms with Crippen LogP contribution < -0.4 is 10.6 Å². The van der Waals surface area contributed by atoms with Crippen LogP contribution in [0.4, 0.5) is 10.1 Å². The number of hydrogen-bond donors (Lipinski definition) is 2. The molecule has 2 saturated heterocycles. The number of fused-ring (bicyclic) bond motifs is 2. The van der Waals surface area contributed by atoms with Crippen LogP contribution in [0.1, 0.15) is 65.9 Å². The molecule has 2 aliphatic carbocycles. The average molecular weight is 457 g/mol. The highest BCUT2D eigenvalue weighted by Crippen LogP contribution is 2.45. The van der Waals surface area contributed by atoms with Gasteiger partial charge in [0.1, 0.15) is 11.7 Å². The maximum Gasteiger partial charge on any atom is 0.339 e. The van der Waals surface area contributed by atoms with Crippen molar-refractivity contribution in [3.63, 3.8) is 0 Å². The number of halogens is 1. The Bertz CT molecular complexity index is 1010. The maximum absolute atomic E-state index is 13.5. The molecule has 0 amide bonds. The number of nitrogens with zero attached hydrogens (tertiary/aromatic N) is 1. The van der Waals surface area contributed by atoms with Crippen LogP contribution in [0, 0.1) is 18.8 Å². The Morgan fingerprint density at radius 3 is 2.85 bits per heavy atom. The van der Waals surface area contributed by atoms with Gasteiger partial charge in [-0.1, -0.05) is 6.08 Å². The highest BCUT2D eigenvalue weighted by molar-refractivity contribution is 6.24. The third-order valence-electron chi connectivity index (χ3n) is 8.31. The van der Waals surface area contributed by atoms with Crippen molar-refractivity contribution >= 4 is 17.4 Å². The predicted octanol–water partition coefficient (Wildman–Crippen LogP) is 3.76. The number of ketones is 1. The SMILES string of the molecule is Cc1c(N2C[C@@H]3COCC[C@@]3(N)C2)ccc2c1C(CC[C@@H]1C[C@@H]1F)CC/C=C(/C(=O)O)C2=O. The minimum Gasteiger partial charge on any atom is -0.478 e. The predicted molar refractivity (Wildman–Crippen MR) is 123 cm³/mol. The molecule has 2 aliphatic heterocycles. The molecule has 5 atom stereocenters. The lowest BCUT2D eigenvalue weighted by Crippen LogP contribution is -2.52. The maximum atomic E-state index is 13.5. The molecule has 0 aromatic heterocycles. The minimum atomic E-state index is -1.18. The second-order valence-corrected chi connectivity index (χ2v) is 10.4. The molecule has 7 heteroatoms. The summed E-state index contributed by atoms with van der Waals surface area (Å²) in [7, 11) is 0. The van der Waals surface area contributed by atoms with Crippen molar-refractivity contribution in [3.8, 4) is 0 Å². The number of hydrogen-bond acceptors (Lipinski definition) is 5.